The lowest BCUT2D eigenvalue weighted by Crippen LogP contribution is -2.22. The third kappa shape index (κ3) is 2.22. The summed E-state index contributed by atoms with van der Waals surface area (Å²) in [6.07, 6.45) is 5.64. The van der Waals surface area contributed by atoms with Gasteiger partial charge in [0.25, 0.3) is 0 Å². The highest BCUT2D eigenvalue weighted by Gasteiger charge is 2.23. The van der Waals surface area contributed by atoms with Crippen molar-refractivity contribution in [2.75, 3.05) is 12.4 Å². The molecule has 0 saturated heterocycles. The van der Waals surface area contributed by atoms with E-state index in [9.17, 15) is 0 Å². The molecule has 1 aromatic rings. The Hall–Kier alpha value is -1.25. The number of ether oxygens (including phenoxy) is 1. The summed E-state index contributed by atoms with van der Waals surface area (Å²) in [6.45, 7) is 2.30. The van der Waals surface area contributed by atoms with Crippen molar-refractivity contribution in [1.29, 1.82) is 0 Å². The fourth-order valence-corrected chi connectivity index (χ4v) is 2.22. The van der Waals surface area contributed by atoms with Crippen molar-refractivity contribution in [3.63, 3.8) is 0 Å². The van der Waals surface area contributed by atoms with Gasteiger partial charge in [-0.1, -0.05) is 13.3 Å². The summed E-state index contributed by atoms with van der Waals surface area (Å²) in [5, 5.41) is 3.52. The van der Waals surface area contributed by atoms with Crippen LogP contribution < -0.4 is 10.1 Å². The van der Waals surface area contributed by atoms with Crippen LogP contribution in [0.3, 0.4) is 0 Å². The fraction of sp³-hybridized carbons (Fsp3) is 0.583. The van der Waals surface area contributed by atoms with Gasteiger partial charge in [0.15, 0.2) is 0 Å². The van der Waals surface area contributed by atoms with Gasteiger partial charge in [-0.05, 0) is 30.9 Å². The summed E-state index contributed by atoms with van der Waals surface area (Å²) in [5.41, 5.74) is 1.01. The van der Waals surface area contributed by atoms with Crippen molar-refractivity contribution in [2.24, 2.45) is 5.92 Å². The van der Waals surface area contributed by atoms with Crippen LogP contribution in [0.4, 0.5) is 5.69 Å². The SMILES string of the molecule is COc1ncccc1N[C@H]1CCC[C@@H]1C. The van der Waals surface area contributed by atoms with Gasteiger partial charge in [-0.15, -0.1) is 0 Å². The number of pyridine rings is 1. The van der Waals surface area contributed by atoms with Crippen molar-refractivity contribution >= 4 is 5.69 Å². The lowest BCUT2D eigenvalue weighted by Gasteiger charge is -2.19. The van der Waals surface area contributed by atoms with Crippen LogP contribution in [0, 0.1) is 5.92 Å². The van der Waals surface area contributed by atoms with Gasteiger partial charge < -0.3 is 10.1 Å². The zero-order chi connectivity index (χ0) is 10.7. The van der Waals surface area contributed by atoms with Crippen LogP contribution in [0.2, 0.25) is 0 Å². The van der Waals surface area contributed by atoms with E-state index < -0.39 is 0 Å². The van der Waals surface area contributed by atoms with Crippen LogP contribution in [0.5, 0.6) is 5.88 Å². The molecule has 0 amide bonds. The van der Waals surface area contributed by atoms with E-state index in [-0.39, 0.29) is 0 Å². The van der Waals surface area contributed by atoms with E-state index in [4.69, 9.17) is 4.74 Å². The van der Waals surface area contributed by atoms with Gasteiger partial charge in [0, 0.05) is 12.2 Å². The minimum atomic E-state index is 0.572. The van der Waals surface area contributed by atoms with E-state index >= 15 is 0 Å². The first kappa shape index (κ1) is 10.3. The Morgan fingerprint density at radius 3 is 3.00 bits per heavy atom. The Kier molecular flexibility index (Phi) is 3.09. The number of nitrogens with zero attached hydrogens (tertiary/aromatic N) is 1. The molecular formula is C12H18N2O. The molecule has 0 spiro atoms. The first-order chi connectivity index (χ1) is 7.31. The molecule has 2 rings (SSSR count). The second-order valence-electron chi connectivity index (χ2n) is 4.22. The molecule has 1 aromatic heterocycles. The minimum Gasteiger partial charge on any atom is -0.480 e. The Labute approximate surface area is 90.9 Å². The number of methoxy groups -OCH3 is 1. The minimum absolute atomic E-state index is 0.572. The molecule has 0 aromatic carbocycles. The highest BCUT2D eigenvalue weighted by atomic mass is 16.5. The molecule has 0 unspecified atom stereocenters. The summed E-state index contributed by atoms with van der Waals surface area (Å²) in [5.74, 6) is 1.44. The highest BCUT2D eigenvalue weighted by molar-refractivity contribution is 5.52. The summed E-state index contributed by atoms with van der Waals surface area (Å²) in [7, 11) is 1.66. The maximum Gasteiger partial charge on any atom is 0.237 e. The van der Waals surface area contributed by atoms with Crippen LogP contribution in [0.25, 0.3) is 0 Å². The van der Waals surface area contributed by atoms with Gasteiger partial charge in [-0.2, -0.15) is 0 Å². The lowest BCUT2D eigenvalue weighted by molar-refractivity contribution is 0.398. The van der Waals surface area contributed by atoms with Crippen LogP contribution >= 0.6 is 0 Å². The second kappa shape index (κ2) is 4.51. The lowest BCUT2D eigenvalue weighted by atomic mass is 10.1. The molecule has 15 heavy (non-hydrogen) atoms. The zero-order valence-electron chi connectivity index (χ0n) is 9.36. The summed E-state index contributed by atoms with van der Waals surface area (Å²) in [4.78, 5) is 4.18. The molecule has 0 radical (unpaired) electrons. The second-order valence-corrected chi connectivity index (χ2v) is 4.22. The van der Waals surface area contributed by atoms with Crippen LogP contribution in [-0.4, -0.2) is 18.1 Å². The number of anilines is 1. The molecule has 1 aliphatic carbocycles. The average Bonchev–Trinajstić information content (AvgIpc) is 2.65. The molecule has 3 nitrogen and oxygen atoms in total. The summed E-state index contributed by atoms with van der Waals surface area (Å²) in [6, 6.07) is 4.53. The first-order valence-corrected chi connectivity index (χ1v) is 5.57. The van der Waals surface area contributed by atoms with E-state index in [0.717, 1.165) is 11.6 Å². The van der Waals surface area contributed by atoms with Crippen LogP contribution in [-0.2, 0) is 0 Å². The standard InChI is InChI=1S/C12H18N2O/c1-9-5-3-6-10(9)14-11-7-4-8-13-12(11)15-2/h4,7-10,14H,3,5-6H2,1-2H3/t9-,10-/m0/s1. The van der Waals surface area contributed by atoms with E-state index in [1.807, 2.05) is 12.1 Å². The molecule has 1 heterocycles. The van der Waals surface area contributed by atoms with Gasteiger partial charge in [-0.25, -0.2) is 4.98 Å². The third-order valence-corrected chi connectivity index (χ3v) is 3.17. The predicted octanol–water partition coefficient (Wildman–Crippen LogP) is 2.69. The summed E-state index contributed by atoms with van der Waals surface area (Å²) < 4.78 is 5.22. The monoisotopic (exact) mass is 206 g/mol. The number of hydrogen-bond acceptors (Lipinski definition) is 3. The molecule has 1 N–H and O–H groups in total. The van der Waals surface area contributed by atoms with E-state index in [0.29, 0.717) is 11.9 Å². The van der Waals surface area contributed by atoms with Gasteiger partial charge >= 0.3 is 0 Å². The molecule has 1 aliphatic rings. The number of aromatic nitrogens is 1. The summed E-state index contributed by atoms with van der Waals surface area (Å²) >= 11 is 0. The molecule has 1 saturated carbocycles. The maximum absolute atomic E-state index is 5.22. The highest BCUT2D eigenvalue weighted by Crippen LogP contribution is 2.30. The molecule has 3 heteroatoms. The molecule has 2 atom stereocenters. The molecule has 82 valence electrons. The van der Waals surface area contributed by atoms with Crippen molar-refractivity contribution in [3.05, 3.63) is 18.3 Å². The topological polar surface area (TPSA) is 34.1 Å². The third-order valence-electron chi connectivity index (χ3n) is 3.17. The predicted molar refractivity (Wildman–Crippen MR) is 61.2 cm³/mol. The average molecular weight is 206 g/mol. The molecule has 1 fully saturated rings. The van der Waals surface area contributed by atoms with Crippen molar-refractivity contribution in [1.82, 2.24) is 4.98 Å². The first-order valence-electron chi connectivity index (χ1n) is 5.57. The van der Waals surface area contributed by atoms with Crippen LogP contribution in [0.15, 0.2) is 18.3 Å². The Bertz CT molecular complexity index is 327. The van der Waals surface area contributed by atoms with Gasteiger partial charge in [0.05, 0.1) is 12.8 Å². The smallest absolute Gasteiger partial charge is 0.237 e. The van der Waals surface area contributed by atoms with E-state index in [1.54, 1.807) is 13.3 Å². The van der Waals surface area contributed by atoms with E-state index in [1.165, 1.54) is 19.3 Å². The molecule has 0 bridgehead atoms. The number of rotatable bonds is 3. The zero-order valence-corrected chi connectivity index (χ0v) is 9.36. The van der Waals surface area contributed by atoms with Crippen LogP contribution in [0.1, 0.15) is 26.2 Å². The quantitative estimate of drug-likeness (QED) is 0.825. The van der Waals surface area contributed by atoms with E-state index in [2.05, 4.69) is 17.2 Å². The molecule has 0 aliphatic heterocycles. The Morgan fingerprint density at radius 1 is 1.47 bits per heavy atom. The van der Waals surface area contributed by atoms with Crippen molar-refractivity contribution in [2.45, 2.75) is 32.2 Å². The van der Waals surface area contributed by atoms with Crippen molar-refractivity contribution < 1.29 is 4.74 Å². The normalized spacial score (nSPS) is 25.2. The number of hydrogen-bond donors (Lipinski definition) is 1. The molecular weight excluding hydrogens is 188 g/mol. The maximum atomic E-state index is 5.22. The van der Waals surface area contributed by atoms with Gasteiger partial charge in [-0.3, -0.25) is 0 Å². The van der Waals surface area contributed by atoms with Crippen molar-refractivity contribution in [3.8, 4) is 5.88 Å². The number of nitrogens with one attached hydrogen (secondary N) is 1. The Balaban J connectivity index is 2.09. The van der Waals surface area contributed by atoms with Gasteiger partial charge in [0.1, 0.15) is 0 Å². The Morgan fingerprint density at radius 2 is 2.33 bits per heavy atom. The fourth-order valence-electron chi connectivity index (χ4n) is 2.22. The van der Waals surface area contributed by atoms with Gasteiger partial charge in [0.2, 0.25) is 5.88 Å². The largest absolute Gasteiger partial charge is 0.480 e.